The van der Waals surface area contributed by atoms with Crippen molar-refractivity contribution in [3.63, 3.8) is 0 Å². The predicted molar refractivity (Wildman–Crippen MR) is 70.2 cm³/mol. The Labute approximate surface area is 107 Å². The van der Waals surface area contributed by atoms with Gasteiger partial charge in [-0.2, -0.15) is 0 Å². The summed E-state index contributed by atoms with van der Waals surface area (Å²) in [6, 6.07) is 4.38. The van der Waals surface area contributed by atoms with E-state index >= 15 is 0 Å². The van der Waals surface area contributed by atoms with Gasteiger partial charge < -0.3 is 20.5 Å². The van der Waals surface area contributed by atoms with Gasteiger partial charge in [0.1, 0.15) is 5.82 Å². The molecule has 0 spiro atoms. The number of hydrogen-bond acceptors (Lipinski definition) is 4. The summed E-state index contributed by atoms with van der Waals surface area (Å²) in [5.74, 6) is -0.281. The fourth-order valence-corrected chi connectivity index (χ4v) is 1.73. The highest BCUT2D eigenvalue weighted by atomic mass is 19.1. The van der Waals surface area contributed by atoms with Crippen molar-refractivity contribution in [2.24, 2.45) is 5.73 Å². The maximum absolute atomic E-state index is 13.2. The molecule has 0 aliphatic carbocycles. The summed E-state index contributed by atoms with van der Waals surface area (Å²) in [7, 11) is 1.90. The molecule has 0 unspecified atom stereocenters. The van der Waals surface area contributed by atoms with Crippen LogP contribution in [0.15, 0.2) is 18.2 Å². The number of halogens is 1. The van der Waals surface area contributed by atoms with Gasteiger partial charge in [0.15, 0.2) is 0 Å². The van der Waals surface area contributed by atoms with E-state index in [-0.39, 0.29) is 18.5 Å². The average Bonchev–Trinajstić information content (AvgIpc) is 2.34. The van der Waals surface area contributed by atoms with E-state index in [1.54, 1.807) is 6.07 Å². The Bertz CT molecular complexity index is 372. The van der Waals surface area contributed by atoms with Crippen LogP contribution >= 0.6 is 0 Å². The monoisotopic (exact) mass is 256 g/mol. The van der Waals surface area contributed by atoms with Crippen molar-refractivity contribution in [1.82, 2.24) is 0 Å². The number of benzene rings is 1. The number of nitrogens with zero attached hydrogens (tertiary/aromatic N) is 1. The first kappa shape index (κ1) is 14.9. The standard InChI is InChI=1S/C13H21FN2O2/c1-10(15)12-9-11(14)3-4-13(12)16(2)5-7-18-8-6-17/h3-4,9-10,17H,5-8,15H2,1-2H3/t10-/m1/s1. The number of anilines is 1. The molecule has 0 saturated heterocycles. The maximum Gasteiger partial charge on any atom is 0.123 e. The van der Waals surface area contributed by atoms with Gasteiger partial charge in [0.05, 0.1) is 19.8 Å². The number of nitrogens with two attached hydrogens (primary N) is 1. The van der Waals surface area contributed by atoms with Crippen LogP contribution in [0, 0.1) is 5.82 Å². The van der Waals surface area contributed by atoms with E-state index in [1.165, 1.54) is 12.1 Å². The SMILES string of the molecule is C[C@@H](N)c1cc(F)ccc1N(C)CCOCCO. The number of likely N-dealkylation sites (N-methyl/N-ethyl adjacent to an activating group) is 1. The Morgan fingerprint density at radius 3 is 2.78 bits per heavy atom. The molecule has 0 fully saturated rings. The quantitative estimate of drug-likeness (QED) is 0.722. The average molecular weight is 256 g/mol. The zero-order chi connectivity index (χ0) is 13.5. The molecule has 0 bridgehead atoms. The molecule has 18 heavy (non-hydrogen) atoms. The van der Waals surface area contributed by atoms with Gasteiger partial charge in [-0.3, -0.25) is 0 Å². The minimum atomic E-state index is -0.281. The maximum atomic E-state index is 13.2. The van der Waals surface area contributed by atoms with E-state index in [1.807, 2.05) is 18.9 Å². The molecule has 0 radical (unpaired) electrons. The summed E-state index contributed by atoms with van der Waals surface area (Å²) in [4.78, 5) is 1.97. The van der Waals surface area contributed by atoms with Gasteiger partial charge in [-0.25, -0.2) is 4.39 Å². The number of rotatable bonds is 7. The van der Waals surface area contributed by atoms with Gasteiger partial charge in [-0.05, 0) is 30.7 Å². The molecule has 0 aliphatic heterocycles. The second kappa shape index (κ2) is 7.31. The molecule has 0 heterocycles. The highest BCUT2D eigenvalue weighted by molar-refractivity contribution is 5.54. The summed E-state index contributed by atoms with van der Waals surface area (Å²) >= 11 is 0. The highest BCUT2D eigenvalue weighted by Crippen LogP contribution is 2.25. The summed E-state index contributed by atoms with van der Waals surface area (Å²) in [5, 5.41) is 8.60. The number of ether oxygens (including phenoxy) is 1. The smallest absolute Gasteiger partial charge is 0.123 e. The highest BCUT2D eigenvalue weighted by Gasteiger charge is 2.11. The molecule has 1 atom stereocenters. The molecule has 1 rings (SSSR count). The minimum absolute atomic E-state index is 0.0192. The Balaban J connectivity index is 2.69. The Morgan fingerprint density at radius 2 is 2.17 bits per heavy atom. The molecule has 3 N–H and O–H groups in total. The van der Waals surface area contributed by atoms with Crippen LogP contribution in [0.1, 0.15) is 18.5 Å². The largest absolute Gasteiger partial charge is 0.394 e. The molecule has 102 valence electrons. The van der Waals surface area contributed by atoms with Crippen LogP contribution in [0.4, 0.5) is 10.1 Å². The van der Waals surface area contributed by atoms with Crippen LogP contribution in [-0.2, 0) is 4.74 Å². The normalized spacial score (nSPS) is 12.5. The Hall–Kier alpha value is -1.17. The lowest BCUT2D eigenvalue weighted by Gasteiger charge is -2.24. The predicted octanol–water partition coefficient (Wildman–Crippen LogP) is 1.29. The summed E-state index contributed by atoms with van der Waals surface area (Å²) in [5.41, 5.74) is 7.52. The van der Waals surface area contributed by atoms with Crippen LogP contribution < -0.4 is 10.6 Å². The van der Waals surface area contributed by atoms with Gasteiger partial charge in [0.25, 0.3) is 0 Å². The minimum Gasteiger partial charge on any atom is -0.394 e. The Kier molecular flexibility index (Phi) is 6.04. The molecule has 0 aliphatic rings. The molecule has 0 amide bonds. The van der Waals surface area contributed by atoms with E-state index in [2.05, 4.69) is 0 Å². The van der Waals surface area contributed by atoms with Crippen molar-refractivity contribution in [3.8, 4) is 0 Å². The summed E-state index contributed by atoms with van der Waals surface area (Å²) in [6.07, 6.45) is 0. The number of aliphatic hydroxyl groups excluding tert-OH is 1. The van der Waals surface area contributed by atoms with E-state index < -0.39 is 0 Å². The molecule has 4 nitrogen and oxygen atoms in total. The van der Waals surface area contributed by atoms with E-state index in [9.17, 15) is 4.39 Å². The van der Waals surface area contributed by atoms with Gasteiger partial charge in [-0.1, -0.05) is 0 Å². The molecule has 1 aromatic carbocycles. The first-order valence-corrected chi connectivity index (χ1v) is 6.01. The van der Waals surface area contributed by atoms with Gasteiger partial charge in [0, 0.05) is 25.3 Å². The Morgan fingerprint density at radius 1 is 1.44 bits per heavy atom. The molecule has 0 saturated carbocycles. The van der Waals surface area contributed by atoms with Gasteiger partial charge >= 0.3 is 0 Å². The van der Waals surface area contributed by atoms with Crippen molar-refractivity contribution >= 4 is 5.69 Å². The first-order valence-electron chi connectivity index (χ1n) is 6.01. The van der Waals surface area contributed by atoms with Crippen molar-refractivity contribution in [3.05, 3.63) is 29.6 Å². The molecule has 1 aromatic rings. The lowest BCUT2D eigenvalue weighted by atomic mass is 10.1. The first-order chi connectivity index (χ1) is 8.56. The lowest BCUT2D eigenvalue weighted by Crippen LogP contribution is -2.25. The van der Waals surface area contributed by atoms with Crippen LogP contribution in [-0.4, -0.2) is 38.5 Å². The molecular weight excluding hydrogens is 235 g/mol. The number of hydrogen-bond donors (Lipinski definition) is 2. The lowest BCUT2D eigenvalue weighted by molar-refractivity contribution is 0.0971. The molecule has 5 heteroatoms. The van der Waals surface area contributed by atoms with E-state index in [0.29, 0.717) is 19.8 Å². The zero-order valence-electron chi connectivity index (χ0n) is 10.9. The second-order valence-electron chi connectivity index (χ2n) is 4.25. The van der Waals surface area contributed by atoms with Crippen LogP contribution in [0.25, 0.3) is 0 Å². The number of aliphatic hydroxyl groups is 1. The van der Waals surface area contributed by atoms with Crippen LogP contribution in [0.5, 0.6) is 0 Å². The molecule has 0 aromatic heterocycles. The van der Waals surface area contributed by atoms with Gasteiger partial charge in [-0.15, -0.1) is 0 Å². The van der Waals surface area contributed by atoms with E-state index in [0.717, 1.165) is 11.3 Å². The van der Waals surface area contributed by atoms with Crippen molar-refractivity contribution in [2.45, 2.75) is 13.0 Å². The van der Waals surface area contributed by atoms with Crippen molar-refractivity contribution in [1.29, 1.82) is 0 Å². The topological polar surface area (TPSA) is 58.7 Å². The third-order valence-corrected chi connectivity index (χ3v) is 2.70. The summed E-state index contributed by atoms with van der Waals surface area (Å²) < 4.78 is 18.4. The fraction of sp³-hybridized carbons (Fsp3) is 0.538. The van der Waals surface area contributed by atoms with Crippen LogP contribution in [0.3, 0.4) is 0 Å². The van der Waals surface area contributed by atoms with E-state index in [4.69, 9.17) is 15.6 Å². The van der Waals surface area contributed by atoms with Crippen molar-refractivity contribution in [2.75, 3.05) is 38.3 Å². The molecular formula is C13H21FN2O2. The summed E-state index contributed by atoms with van der Waals surface area (Å²) in [6.45, 7) is 3.34. The third-order valence-electron chi connectivity index (χ3n) is 2.70. The second-order valence-corrected chi connectivity index (χ2v) is 4.25. The fourth-order valence-electron chi connectivity index (χ4n) is 1.73. The van der Waals surface area contributed by atoms with Crippen LogP contribution in [0.2, 0.25) is 0 Å². The van der Waals surface area contributed by atoms with Gasteiger partial charge in [0.2, 0.25) is 0 Å². The third kappa shape index (κ3) is 4.25. The zero-order valence-corrected chi connectivity index (χ0v) is 10.9. The van der Waals surface area contributed by atoms with Crippen molar-refractivity contribution < 1.29 is 14.2 Å².